The van der Waals surface area contributed by atoms with Crippen molar-refractivity contribution in [2.45, 2.75) is 18.9 Å². The average Bonchev–Trinajstić information content (AvgIpc) is 2.28. The van der Waals surface area contributed by atoms with Crippen LogP contribution < -0.4 is 10.1 Å². The minimum atomic E-state index is -2.87. The molecule has 0 radical (unpaired) electrons. The molecule has 0 amide bonds. The van der Waals surface area contributed by atoms with Crippen molar-refractivity contribution in [1.29, 1.82) is 0 Å². The Balaban J connectivity index is 2.07. The van der Waals surface area contributed by atoms with Crippen molar-refractivity contribution in [1.82, 2.24) is 0 Å². The molecule has 6 heteroatoms. The number of methoxy groups -OCH3 is 1. The van der Waals surface area contributed by atoms with E-state index in [2.05, 4.69) is 21.2 Å². The molecule has 1 aliphatic rings. The highest BCUT2D eigenvalue weighted by Crippen LogP contribution is 2.28. The predicted molar refractivity (Wildman–Crippen MR) is 76.0 cm³/mol. The molecule has 1 saturated heterocycles. The molecule has 0 saturated carbocycles. The summed E-state index contributed by atoms with van der Waals surface area (Å²) in [6.45, 7) is 0. The number of nitrogens with one attached hydrogen (secondary N) is 1. The highest BCUT2D eigenvalue weighted by molar-refractivity contribution is 9.10. The van der Waals surface area contributed by atoms with Gasteiger partial charge in [-0.05, 0) is 47.0 Å². The molecule has 2 rings (SSSR count). The average molecular weight is 334 g/mol. The quantitative estimate of drug-likeness (QED) is 0.923. The number of benzene rings is 1. The normalized spacial score (nSPS) is 22.4. The Morgan fingerprint density at radius 3 is 2.83 bits per heavy atom. The molecule has 1 aromatic carbocycles. The summed E-state index contributed by atoms with van der Waals surface area (Å²) >= 11 is 3.41. The number of hydrogen-bond donors (Lipinski definition) is 1. The maximum Gasteiger partial charge on any atom is 0.152 e. The third-order valence-electron chi connectivity index (χ3n) is 2.99. The first-order chi connectivity index (χ1) is 8.50. The summed E-state index contributed by atoms with van der Waals surface area (Å²) in [7, 11) is -1.26. The first-order valence-corrected chi connectivity index (χ1v) is 8.42. The van der Waals surface area contributed by atoms with Gasteiger partial charge in [-0.15, -0.1) is 0 Å². The Morgan fingerprint density at radius 2 is 2.22 bits per heavy atom. The van der Waals surface area contributed by atoms with Gasteiger partial charge in [-0.25, -0.2) is 8.42 Å². The lowest BCUT2D eigenvalue weighted by atomic mass is 10.1. The molecule has 18 heavy (non-hydrogen) atoms. The molecule has 100 valence electrons. The maximum absolute atomic E-state index is 11.5. The predicted octanol–water partition coefficient (Wildman–Crippen LogP) is 2.45. The van der Waals surface area contributed by atoms with E-state index < -0.39 is 9.84 Å². The topological polar surface area (TPSA) is 55.4 Å². The standard InChI is InChI=1S/C12H16BrNO3S/c1-17-12-5-4-9(7-11(12)13)14-10-3-2-6-18(15,16)8-10/h4-5,7,10,14H,2-3,6,8H2,1H3. The molecule has 1 atom stereocenters. The van der Waals surface area contributed by atoms with Crippen LogP contribution >= 0.6 is 15.9 Å². The van der Waals surface area contributed by atoms with Gasteiger partial charge < -0.3 is 10.1 Å². The smallest absolute Gasteiger partial charge is 0.152 e. The van der Waals surface area contributed by atoms with Gasteiger partial charge >= 0.3 is 0 Å². The SMILES string of the molecule is COc1ccc(NC2CCCS(=O)(=O)C2)cc1Br. The van der Waals surface area contributed by atoms with E-state index in [1.165, 1.54) is 0 Å². The molecule has 4 nitrogen and oxygen atoms in total. The second-order valence-electron chi connectivity index (χ2n) is 4.45. The number of sulfone groups is 1. The number of ether oxygens (including phenoxy) is 1. The zero-order chi connectivity index (χ0) is 13.2. The van der Waals surface area contributed by atoms with Crippen LogP contribution in [0.25, 0.3) is 0 Å². The number of rotatable bonds is 3. The number of halogens is 1. The van der Waals surface area contributed by atoms with Crippen LogP contribution in [0.2, 0.25) is 0 Å². The molecule has 1 unspecified atom stereocenters. The van der Waals surface area contributed by atoms with E-state index in [1.807, 2.05) is 18.2 Å². The Bertz CT molecular complexity index is 530. The van der Waals surface area contributed by atoms with Gasteiger partial charge in [0.1, 0.15) is 5.75 Å². The van der Waals surface area contributed by atoms with Crippen LogP contribution in [0.15, 0.2) is 22.7 Å². The Kier molecular flexibility index (Phi) is 4.17. The van der Waals surface area contributed by atoms with E-state index in [0.717, 1.165) is 28.8 Å². The molecule has 1 aromatic rings. The number of hydrogen-bond acceptors (Lipinski definition) is 4. The van der Waals surface area contributed by atoms with Crippen LogP contribution in [0.4, 0.5) is 5.69 Å². The third kappa shape index (κ3) is 3.38. The monoisotopic (exact) mass is 333 g/mol. The third-order valence-corrected chi connectivity index (χ3v) is 5.43. The fraction of sp³-hybridized carbons (Fsp3) is 0.500. The second kappa shape index (κ2) is 5.48. The van der Waals surface area contributed by atoms with Gasteiger partial charge in [0.2, 0.25) is 0 Å². The van der Waals surface area contributed by atoms with Crippen molar-refractivity contribution >= 4 is 31.5 Å². The van der Waals surface area contributed by atoms with Crippen LogP contribution in [0.5, 0.6) is 5.75 Å². The van der Waals surface area contributed by atoms with Gasteiger partial charge in [0, 0.05) is 11.7 Å². The summed E-state index contributed by atoms with van der Waals surface area (Å²) in [4.78, 5) is 0. The van der Waals surface area contributed by atoms with Gasteiger partial charge in [0.25, 0.3) is 0 Å². The summed E-state index contributed by atoms with van der Waals surface area (Å²) in [5.74, 6) is 1.30. The molecule has 1 fully saturated rings. The maximum atomic E-state index is 11.5. The van der Waals surface area contributed by atoms with Gasteiger partial charge in [0.15, 0.2) is 9.84 Å². The highest BCUT2D eigenvalue weighted by Gasteiger charge is 2.24. The first kappa shape index (κ1) is 13.7. The summed E-state index contributed by atoms with van der Waals surface area (Å²) in [5.41, 5.74) is 0.907. The van der Waals surface area contributed by atoms with Gasteiger partial charge in [-0.2, -0.15) is 0 Å². The Hall–Kier alpha value is -0.750. The van der Waals surface area contributed by atoms with E-state index in [0.29, 0.717) is 5.75 Å². The lowest BCUT2D eigenvalue weighted by Gasteiger charge is -2.24. The van der Waals surface area contributed by atoms with Gasteiger partial charge in [-0.3, -0.25) is 0 Å². The minimum Gasteiger partial charge on any atom is -0.496 e. The zero-order valence-electron chi connectivity index (χ0n) is 10.1. The molecule has 0 bridgehead atoms. The Labute approximate surface area is 116 Å². The summed E-state index contributed by atoms with van der Waals surface area (Å²) in [6, 6.07) is 5.65. The zero-order valence-corrected chi connectivity index (χ0v) is 12.6. The van der Waals surface area contributed by atoms with Crippen molar-refractivity contribution in [2.75, 3.05) is 23.9 Å². The van der Waals surface area contributed by atoms with E-state index in [9.17, 15) is 8.42 Å². The fourth-order valence-corrected chi connectivity index (χ4v) is 4.31. The highest BCUT2D eigenvalue weighted by atomic mass is 79.9. The summed E-state index contributed by atoms with van der Waals surface area (Å²) in [5, 5.41) is 3.26. The van der Waals surface area contributed by atoms with E-state index in [-0.39, 0.29) is 11.8 Å². The van der Waals surface area contributed by atoms with Crippen molar-refractivity contribution in [2.24, 2.45) is 0 Å². The molecule has 0 aliphatic carbocycles. The van der Waals surface area contributed by atoms with E-state index >= 15 is 0 Å². The first-order valence-electron chi connectivity index (χ1n) is 5.81. The van der Waals surface area contributed by atoms with Gasteiger partial charge in [0.05, 0.1) is 23.1 Å². The summed E-state index contributed by atoms with van der Waals surface area (Å²) < 4.78 is 29.1. The minimum absolute atomic E-state index is 0.00375. The number of anilines is 1. The lowest BCUT2D eigenvalue weighted by molar-refractivity contribution is 0.412. The molecule has 1 N–H and O–H groups in total. The van der Waals surface area contributed by atoms with E-state index in [1.54, 1.807) is 7.11 Å². The van der Waals surface area contributed by atoms with Crippen LogP contribution in [0.3, 0.4) is 0 Å². The van der Waals surface area contributed by atoms with Crippen molar-refractivity contribution in [3.63, 3.8) is 0 Å². The van der Waals surface area contributed by atoms with Crippen LogP contribution in [0.1, 0.15) is 12.8 Å². The van der Waals surface area contributed by atoms with Crippen molar-refractivity contribution in [3.05, 3.63) is 22.7 Å². The molecule has 0 aromatic heterocycles. The molecule has 1 aliphatic heterocycles. The molecular weight excluding hydrogens is 318 g/mol. The van der Waals surface area contributed by atoms with Crippen LogP contribution in [-0.4, -0.2) is 33.1 Å². The van der Waals surface area contributed by atoms with Crippen LogP contribution in [-0.2, 0) is 9.84 Å². The van der Waals surface area contributed by atoms with E-state index in [4.69, 9.17) is 4.74 Å². The Morgan fingerprint density at radius 1 is 1.44 bits per heavy atom. The molecule has 1 heterocycles. The van der Waals surface area contributed by atoms with Gasteiger partial charge in [-0.1, -0.05) is 0 Å². The van der Waals surface area contributed by atoms with Crippen molar-refractivity contribution < 1.29 is 13.2 Å². The summed E-state index contributed by atoms with van der Waals surface area (Å²) in [6.07, 6.45) is 1.63. The fourth-order valence-electron chi connectivity index (χ4n) is 2.13. The van der Waals surface area contributed by atoms with Crippen molar-refractivity contribution in [3.8, 4) is 5.75 Å². The largest absolute Gasteiger partial charge is 0.496 e. The molecule has 0 spiro atoms. The lowest BCUT2D eigenvalue weighted by Crippen LogP contribution is -2.34. The van der Waals surface area contributed by atoms with Crippen LogP contribution in [0, 0.1) is 0 Å². The molecular formula is C12H16BrNO3S. The second-order valence-corrected chi connectivity index (χ2v) is 7.53.